The fraction of sp³-hybridized carbons (Fsp3) is 0.455. The van der Waals surface area contributed by atoms with Gasteiger partial charge in [0.25, 0.3) is 0 Å². The van der Waals surface area contributed by atoms with Crippen LogP contribution in [0, 0.1) is 11.6 Å². The van der Waals surface area contributed by atoms with Gasteiger partial charge in [-0.1, -0.05) is 0 Å². The first kappa shape index (κ1) is 13.7. The second-order valence-electron chi connectivity index (χ2n) is 3.63. The Kier molecular flexibility index (Phi) is 5.11. The molecule has 1 unspecified atom stereocenters. The number of benzene rings is 1. The Labute approximate surface area is 98.4 Å². The van der Waals surface area contributed by atoms with Crippen LogP contribution < -0.4 is 11.1 Å². The van der Waals surface area contributed by atoms with Gasteiger partial charge in [0.1, 0.15) is 0 Å². The first-order chi connectivity index (χ1) is 8.10. The third-order valence-corrected chi connectivity index (χ3v) is 2.32. The molecule has 4 N–H and O–H groups in total. The molecule has 1 atom stereocenters. The molecule has 4 nitrogen and oxygen atoms in total. The summed E-state index contributed by atoms with van der Waals surface area (Å²) in [4.78, 5) is 0. The minimum Gasteiger partial charge on any atom is -0.397 e. The number of nitrogens with two attached hydrogens (primary N) is 1. The van der Waals surface area contributed by atoms with E-state index in [-0.39, 0.29) is 30.6 Å². The van der Waals surface area contributed by atoms with Crippen LogP contribution in [0.4, 0.5) is 20.2 Å². The molecule has 0 amide bonds. The van der Waals surface area contributed by atoms with Gasteiger partial charge in [0.2, 0.25) is 0 Å². The summed E-state index contributed by atoms with van der Waals surface area (Å²) in [6, 6.07) is 1.92. The molecule has 6 heteroatoms. The molecule has 0 radical (unpaired) electrons. The standard InChI is InChI=1S/C11H16F2N2O2/c1-17-6-7(4-5-16)15-11-9(14)3-2-8(12)10(11)13/h2-3,7,15-16H,4-6,14H2,1H3. The minimum absolute atomic E-state index is 0.0855. The Bertz CT molecular complexity index is 369. The fourth-order valence-corrected chi connectivity index (χ4v) is 1.47. The molecule has 0 fully saturated rings. The molecule has 0 aromatic heterocycles. The van der Waals surface area contributed by atoms with E-state index >= 15 is 0 Å². The molecule has 1 aromatic carbocycles. The second kappa shape index (κ2) is 6.36. The lowest BCUT2D eigenvalue weighted by Gasteiger charge is -2.19. The Hall–Kier alpha value is -1.40. The number of halogens is 2. The van der Waals surface area contributed by atoms with Gasteiger partial charge in [-0.25, -0.2) is 8.78 Å². The van der Waals surface area contributed by atoms with Crippen molar-refractivity contribution in [3.05, 3.63) is 23.8 Å². The third-order valence-electron chi connectivity index (χ3n) is 2.32. The summed E-state index contributed by atoms with van der Waals surface area (Å²) in [6.45, 7) is 0.174. The number of rotatable bonds is 6. The zero-order valence-corrected chi connectivity index (χ0v) is 9.54. The molecule has 1 rings (SSSR count). The van der Waals surface area contributed by atoms with Gasteiger partial charge in [-0.05, 0) is 18.6 Å². The molecule has 0 heterocycles. The Morgan fingerprint density at radius 2 is 2.18 bits per heavy atom. The van der Waals surface area contributed by atoms with E-state index in [9.17, 15) is 8.78 Å². The molecule has 0 bridgehead atoms. The molecule has 17 heavy (non-hydrogen) atoms. The van der Waals surface area contributed by atoms with E-state index in [4.69, 9.17) is 15.6 Å². The van der Waals surface area contributed by atoms with Crippen molar-refractivity contribution in [2.24, 2.45) is 0 Å². The van der Waals surface area contributed by atoms with Gasteiger partial charge < -0.3 is 20.9 Å². The molecule has 0 aliphatic heterocycles. The van der Waals surface area contributed by atoms with E-state index in [1.807, 2.05) is 0 Å². The molecule has 0 spiro atoms. The fourth-order valence-electron chi connectivity index (χ4n) is 1.47. The first-order valence-corrected chi connectivity index (χ1v) is 5.20. The van der Waals surface area contributed by atoms with Crippen molar-refractivity contribution < 1.29 is 18.6 Å². The molecule has 96 valence electrons. The largest absolute Gasteiger partial charge is 0.397 e. The molecule has 0 aliphatic rings. The van der Waals surface area contributed by atoms with Crippen LogP contribution in [0.25, 0.3) is 0 Å². The molecule has 0 saturated heterocycles. The highest BCUT2D eigenvalue weighted by Crippen LogP contribution is 2.25. The summed E-state index contributed by atoms with van der Waals surface area (Å²) in [5.74, 6) is -1.99. The zero-order chi connectivity index (χ0) is 12.8. The molecule has 0 aliphatic carbocycles. The number of ether oxygens (including phenoxy) is 1. The quantitative estimate of drug-likeness (QED) is 0.663. The molecular formula is C11H16F2N2O2. The van der Waals surface area contributed by atoms with Crippen LogP contribution in [-0.4, -0.2) is 31.5 Å². The van der Waals surface area contributed by atoms with Crippen LogP contribution in [0.5, 0.6) is 0 Å². The lowest BCUT2D eigenvalue weighted by atomic mass is 10.2. The van der Waals surface area contributed by atoms with Crippen molar-refractivity contribution in [2.75, 3.05) is 31.4 Å². The van der Waals surface area contributed by atoms with Crippen molar-refractivity contribution in [1.82, 2.24) is 0 Å². The maximum atomic E-state index is 13.5. The Morgan fingerprint density at radius 1 is 1.47 bits per heavy atom. The van der Waals surface area contributed by atoms with Crippen LogP contribution >= 0.6 is 0 Å². The van der Waals surface area contributed by atoms with Crippen molar-refractivity contribution in [3.8, 4) is 0 Å². The topological polar surface area (TPSA) is 67.5 Å². The van der Waals surface area contributed by atoms with Crippen LogP contribution in [0.1, 0.15) is 6.42 Å². The van der Waals surface area contributed by atoms with E-state index in [0.717, 1.165) is 6.07 Å². The normalized spacial score (nSPS) is 12.5. The number of aliphatic hydroxyl groups excluding tert-OH is 1. The SMILES string of the molecule is COCC(CCO)Nc1c(N)ccc(F)c1F. The zero-order valence-electron chi connectivity index (χ0n) is 9.54. The van der Waals surface area contributed by atoms with E-state index in [2.05, 4.69) is 5.32 Å². The lowest BCUT2D eigenvalue weighted by molar-refractivity contribution is 0.170. The van der Waals surface area contributed by atoms with Crippen LogP contribution in [0.2, 0.25) is 0 Å². The maximum Gasteiger partial charge on any atom is 0.183 e. The summed E-state index contributed by atoms with van der Waals surface area (Å²) >= 11 is 0. The maximum absolute atomic E-state index is 13.5. The predicted molar refractivity (Wildman–Crippen MR) is 61.8 cm³/mol. The van der Waals surface area contributed by atoms with E-state index in [1.54, 1.807) is 0 Å². The van der Waals surface area contributed by atoms with Gasteiger partial charge >= 0.3 is 0 Å². The van der Waals surface area contributed by atoms with Gasteiger partial charge in [0.05, 0.1) is 24.0 Å². The molecule has 1 aromatic rings. The summed E-state index contributed by atoms with van der Waals surface area (Å²) in [5.41, 5.74) is 5.58. The summed E-state index contributed by atoms with van der Waals surface area (Å²) in [5, 5.41) is 11.6. The van der Waals surface area contributed by atoms with Crippen LogP contribution in [0.15, 0.2) is 12.1 Å². The van der Waals surface area contributed by atoms with Crippen molar-refractivity contribution in [1.29, 1.82) is 0 Å². The highest BCUT2D eigenvalue weighted by atomic mass is 19.2. The van der Waals surface area contributed by atoms with Crippen molar-refractivity contribution >= 4 is 11.4 Å². The van der Waals surface area contributed by atoms with E-state index < -0.39 is 11.6 Å². The average Bonchev–Trinajstić information content (AvgIpc) is 2.30. The summed E-state index contributed by atoms with van der Waals surface area (Å²) in [7, 11) is 1.48. The number of nitrogens with one attached hydrogen (secondary N) is 1. The lowest BCUT2D eigenvalue weighted by Crippen LogP contribution is -2.27. The third kappa shape index (κ3) is 3.54. The van der Waals surface area contributed by atoms with Crippen molar-refractivity contribution in [2.45, 2.75) is 12.5 Å². The van der Waals surface area contributed by atoms with Crippen LogP contribution in [0.3, 0.4) is 0 Å². The van der Waals surface area contributed by atoms with E-state index in [1.165, 1.54) is 13.2 Å². The highest BCUT2D eigenvalue weighted by Gasteiger charge is 2.16. The van der Waals surface area contributed by atoms with Gasteiger partial charge in [0, 0.05) is 13.7 Å². The van der Waals surface area contributed by atoms with Gasteiger partial charge in [-0.15, -0.1) is 0 Å². The minimum atomic E-state index is -1.02. The first-order valence-electron chi connectivity index (χ1n) is 5.20. The number of anilines is 2. The monoisotopic (exact) mass is 246 g/mol. The van der Waals surface area contributed by atoms with Gasteiger partial charge in [-0.3, -0.25) is 0 Å². The van der Waals surface area contributed by atoms with Crippen molar-refractivity contribution in [3.63, 3.8) is 0 Å². The molecule has 0 saturated carbocycles. The Morgan fingerprint density at radius 3 is 2.76 bits per heavy atom. The van der Waals surface area contributed by atoms with Gasteiger partial charge in [-0.2, -0.15) is 0 Å². The number of methoxy groups -OCH3 is 1. The predicted octanol–water partition coefficient (Wildman–Crippen LogP) is 1.36. The summed E-state index contributed by atoms with van der Waals surface area (Å²) in [6.07, 6.45) is 0.350. The van der Waals surface area contributed by atoms with E-state index in [0.29, 0.717) is 6.42 Å². The second-order valence-corrected chi connectivity index (χ2v) is 3.63. The summed E-state index contributed by atoms with van der Waals surface area (Å²) < 4.78 is 31.4. The van der Waals surface area contributed by atoms with Gasteiger partial charge in [0.15, 0.2) is 11.6 Å². The highest BCUT2D eigenvalue weighted by molar-refractivity contribution is 5.67. The smallest absolute Gasteiger partial charge is 0.183 e. The average molecular weight is 246 g/mol. The number of nitrogen functional groups attached to an aromatic ring is 1. The number of aliphatic hydroxyl groups is 1. The van der Waals surface area contributed by atoms with Crippen LogP contribution in [-0.2, 0) is 4.74 Å². The number of hydrogen-bond acceptors (Lipinski definition) is 4. The number of hydrogen-bond donors (Lipinski definition) is 3. The molecular weight excluding hydrogens is 230 g/mol. The Balaban J connectivity index is 2.88.